The van der Waals surface area contributed by atoms with Gasteiger partial charge in [0.25, 0.3) is 5.91 Å². The predicted molar refractivity (Wildman–Crippen MR) is 123 cm³/mol. The maximum Gasteiger partial charge on any atom is 0.294 e. The first-order chi connectivity index (χ1) is 15.8. The zero-order valence-electron chi connectivity index (χ0n) is 16.8. The van der Waals surface area contributed by atoms with Crippen molar-refractivity contribution in [3.8, 4) is 0 Å². The second-order valence-corrected chi connectivity index (χ2v) is 8.34. The highest BCUT2D eigenvalue weighted by Crippen LogP contribution is 2.44. The lowest BCUT2D eigenvalue weighted by Gasteiger charge is -2.27. The van der Waals surface area contributed by atoms with E-state index in [4.69, 9.17) is 27.6 Å². The van der Waals surface area contributed by atoms with Crippen molar-refractivity contribution in [3.63, 3.8) is 0 Å². The summed E-state index contributed by atoms with van der Waals surface area (Å²) in [6.07, 6.45) is 0. The monoisotopic (exact) mass is 481 g/mol. The van der Waals surface area contributed by atoms with E-state index in [1.807, 2.05) is 0 Å². The summed E-state index contributed by atoms with van der Waals surface area (Å²) in [6, 6.07) is 17.3. The van der Waals surface area contributed by atoms with Crippen LogP contribution in [0.1, 0.15) is 22.2 Å². The van der Waals surface area contributed by atoms with Crippen molar-refractivity contribution in [3.05, 3.63) is 111 Å². The summed E-state index contributed by atoms with van der Waals surface area (Å²) in [5.41, 5.74) is 0.376. The van der Waals surface area contributed by atoms with Gasteiger partial charge in [-0.15, -0.1) is 0 Å². The average molecular weight is 482 g/mol. The Balaban J connectivity index is 1.70. The molecule has 0 saturated carbocycles. The molecule has 1 unspecified atom stereocenters. The van der Waals surface area contributed by atoms with Crippen LogP contribution >= 0.6 is 23.2 Å². The van der Waals surface area contributed by atoms with Gasteiger partial charge >= 0.3 is 0 Å². The molecule has 5 rings (SSSR count). The summed E-state index contributed by atoms with van der Waals surface area (Å²) in [5.74, 6) is -3.16. The third-order valence-electron chi connectivity index (χ3n) is 5.43. The molecule has 8 heteroatoms. The Kier molecular flexibility index (Phi) is 5.19. The molecule has 33 heavy (non-hydrogen) atoms. The first-order valence-corrected chi connectivity index (χ1v) is 10.6. The number of carbonyl (C=O) groups excluding carboxylic acids is 2. The molecule has 0 radical (unpaired) electrons. The second kappa shape index (κ2) is 8.06. The number of benzene rings is 3. The second-order valence-electron chi connectivity index (χ2n) is 7.47. The molecule has 0 saturated heterocycles. The fourth-order valence-electron chi connectivity index (χ4n) is 4.00. The number of nitrogens with zero attached hydrogens (tertiary/aromatic N) is 1. The number of ketones is 1. The van der Waals surface area contributed by atoms with Gasteiger partial charge in [-0.25, -0.2) is 4.39 Å². The van der Waals surface area contributed by atoms with Crippen molar-refractivity contribution >= 4 is 51.5 Å². The number of para-hydroxylation sites is 1. The fourth-order valence-corrected chi connectivity index (χ4v) is 4.51. The van der Waals surface area contributed by atoms with Gasteiger partial charge in [0.05, 0.1) is 11.6 Å². The fraction of sp³-hybridized carbons (Fsp3) is 0.0400. The largest absolute Gasteiger partial charge is 0.503 e. The van der Waals surface area contributed by atoms with Crippen LogP contribution in [0.3, 0.4) is 0 Å². The van der Waals surface area contributed by atoms with Gasteiger partial charge in [-0.3, -0.25) is 14.5 Å². The van der Waals surface area contributed by atoms with Crippen molar-refractivity contribution in [2.24, 2.45) is 0 Å². The molecule has 1 aliphatic rings. The lowest BCUT2D eigenvalue weighted by Crippen LogP contribution is -2.31. The summed E-state index contributed by atoms with van der Waals surface area (Å²) >= 11 is 12.2. The smallest absolute Gasteiger partial charge is 0.294 e. The van der Waals surface area contributed by atoms with Crippen LogP contribution in [0.15, 0.2) is 88.5 Å². The Labute approximate surface area is 197 Å². The van der Waals surface area contributed by atoms with Crippen LogP contribution in [-0.4, -0.2) is 16.8 Å². The predicted octanol–water partition coefficient (Wildman–Crippen LogP) is 6.66. The summed E-state index contributed by atoms with van der Waals surface area (Å²) in [5, 5.41) is 11.9. The number of aliphatic hydroxyl groups is 1. The molecule has 3 aromatic carbocycles. The number of amides is 1. The van der Waals surface area contributed by atoms with Gasteiger partial charge in [-0.2, -0.15) is 0 Å². The van der Waals surface area contributed by atoms with Crippen LogP contribution in [0.4, 0.5) is 10.1 Å². The molecular weight excluding hydrogens is 468 g/mol. The zero-order chi connectivity index (χ0) is 23.3. The molecule has 5 nitrogen and oxygen atoms in total. The molecule has 4 aromatic rings. The molecule has 2 heterocycles. The molecule has 1 amide bonds. The highest BCUT2D eigenvalue weighted by molar-refractivity contribution is 6.35. The molecule has 0 bridgehead atoms. The van der Waals surface area contributed by atoms with Gasteiger partial charge in [0.15, 0.2) is 11.5 Å². The van der Waals surface area contributed by atoms with E-state index in [0.717, 1.165) is 4.90 Å². The molecule has 1 aromatic heterocycles. The van der Waals surface area contributed by atoms with Gasteiger partial charge in [-0.05, 0) is 36.4 Å². The quantitative estimate of drug-likeness (QED) is 0.330. The molecule has 0 aliphatic carbocycles. The minimum Gasteiger partial charge on any atom is -0.503 e. The van der Waals surface area contributed by atoms with Crippen LogP contribution in [0.25, 0.3) is 11.0 Å². The first kappa shape index (κ1) is 21.2. The number of hydrogen-bond donors (Lipinski definition) is 1. The van der Waals surface area contributed by atoms with Crippen molar-refractivity contribution in [2.75, 3.05) is 4.90 Å². The van der Waals surface area contributed by atoms with E-state index >= 15 is 0 Å². The number of anilines is 1. The van der Waals surface area contributed by atoms with Gasteiger partial charge < -0.3 is 9.52 Å². The topological polar surface area (TPSA) is 70.8 Å². The van der Waals surface area contributed by atoms with Gasteiger partial charge in [-0.1, -0.05) is 59.6 Å². The lowest BCUT2D eigenvalue weighted by atomic mass is 9.94. The standard InChI is InChI=1S/C25H14Cl2FNO4/c26-14-10-15(27)12-16(11-14)29-22(17-6-2-3-7-18(17)28)21(24(31)25(29)32)23(30)20-9-13-5-1-4-8-19(13)33-20/h1-12,22,31H. The first-order valence-electron chi connectivity index (χ1n) is 9.85. The summed E-state index contributed by atoms with van der Waals surface area (Å²) < 4.78 is 20.6. The molecule has 1 aliphatic heterocycles. The van der Waals surface area contributed by atoms with Gasteiger partial charge in [0.1, 0.15) is 11.4 Å². The molecule has 0 spiro atoms. The zero-order valence-corrected chi connectivity index (χ0v) is 18.3. The number of hydrogen-bond acceptors (Lipinski definition) is 4. The van der Waals surface area contributed by atoms with E-state index in [1.54, 1.807) is 30.3 Å². The van der Waals surface area contributed by atoms with E-state index in [1.165, 1.54) is 42.5 Å². The third-order valence-corrected chi connectivity index (χ3v) is 5.86. The SMILES string of the molecule is O=C(C1=C(O)C(=O)N(c2cc(Cl)cc(Cl)c2)C1c1ccccc1F)c1cc2ccccc2o1. The molecule has 164 valence electrons. The number of furan rings is 1. The lowest BCUT2D eigenvalue weighted by molar-refractivity contribution is -0.117. The Morgan fingerprint density at radius 1 is 0.970 bits per heavy atom. The Bertz CT molecular complexity index is 1420. The highest BCUT2D eigenvalue weighted by atomic mass is 35.5. The summed E-state index contributed by atoms with van der Waals surface area (Å²) in [4.78, 5) is 27.8. The number of halogens is 3. The molecule has 1 N–H and O–H groups in total. The Hall–Kier alpha value is -3.61. The maximum absolute atomic E-state index is 14.9. The minimum absolute atomic E-state index is 0.0189. The van der Waals surface area contributed by atoms with E-state index in [2.05, 4.69) is 0 Å². The van der Waals surface area contributed by atoms with Crippen molar-refractivity contribution < 1.29 is 23.5 Å². The molecular formula is C25H14Cl2FNO4. The maximum atomic E-state index is 14.9. The number of fused-ring (bicyclic) bond motifs is 1. The normalized spacial score (nSPS) is 16.2. The number of rotatable bonds is 4. The summed E-state index contributed by atoms with van der Waals surface area (Å²) in [6.45, 7) is 0. The summed E-state index contributed by atoms with van der Waals surface area (Å²) in [7, 11) is 0. The van der Waals surface area contributed by atoms with Crippen molar-refractivity contribution in [1.29, 1.82) is 0 Å². The molecule has 0 fully saturated rings. The van der Waals surface area contributed by atoms with E-state index in [-0.39, 0.29) is 32.6 Å². The van der Waals surface area contributed by atoms with Crippen LogP contribution in [0, 0.1) is 5.82 Å². The van der Waals surface area contributed by atoms with Gasteiger partial charge in [0.2, 0.25) is 5.78 Å². The van der Waals surface area contributed by atoms with Crippen LogP contribution < -0.4 is 4.90 Å². The van der Waals surface area contributed by atoms with E-state index < -0.39 is 29.3 Å². The number of Topliss-reactive ketones (excluding diaryl/α,β-unsaturated/α-hetero) is 1. The number of carbonyl (C=O) groups is 2. The Morgan fingerprint density at radius 2 is 1.64 bits per heavy atom. The third kappa shape index (κ3) is 3.57. The highest BCUT2D eigenvalue weighted by Gasteiger charge is 2.46. The minimum atomic E-state index is -1.27. The molecule has 1 atom stereocenters. The van der Waals surface area contributed by atoms with Crippen molar-refractivity contribution in [2.45, 2.75) is 6.04 Å². The van der Waals surface area contributed by atoms with Crippen LogP contribution in [0.2, 0.25) is 10.0 Å². The van der Waals surface area contributed by atoms with Crippen LogP contribution in [0.5, 0.6) is 0 Å². The average Bonchev–Trinajstić information content (AvgIpc) is 3.32. The van der Waals surface area contributed by atoms with Crippen molar-refractivity contribution in [1.82, 2.24) is 0 Å². The Morgan fingerprint density at radius 3 is 2.33 bits per heavy atom. The van der Waals surface area contributed by atoms with E-state index in [9.17, 15) is 19.1 Å². The van der Waals surface area contributed by atoms with E-state index in [0.29, 0.717) is 11.0 Å². The van der Waals surface area contributed by atoms with Crippen LogP contribution in [-0.2, 0) is 4.79 Å². The van der Waals surface area contributed by atoms with Gasteiger partial charge in [0, 0.05) is 26.7 Å². The number of aliphatic hydroxyl groups excluding tert-OH is 1.